The zero-order valence-corrected chi connectivity index (χ0v) is 14.4. The number of nitrogen functional groups attached to an aromatic ring is 1. The maximum absolute atomic E-state index is 6.37. The molecule has 0 aliphatic rings. The zero-order valence-electron chi connectivity index (χ0n) is 13.4. The summed E-state index contributed by atoms with van der Waals surface area (Å²) in [5.74, 6) is 0. The van der Waals surface area contributed by atoms with E-state index in [0.717, 1.165) is 28.9 Å². The highest BCUT2D eigenvalue weighted by atomic mass is 28.4. The number of hydrogen-bond acceptors (Lipinski definition) is 3. The van der Waals surface area contributed by atoms with Gasteiger partial charge in [0.15, 0.2) is 0 Å². The fraction of sp³-hybridized carbons (Fsp3) is 0.333. The molecule has 2 rings (SSSR count). The molecular weight excluding hydrogens is 290 g/mol. The molecule has 3 nitrogen and oxygen atoms in total. The van der Waals surface area contributed by atoms with Gasteiger partial charge in [-0.25, -0.2) is 0 Å². The molecule has 2 aromatic rings. The Kier molecular flexibility index (Phi) is 6.18. The Hall–Kier alpha value is -1.62. The number of para-hydroxylation sites is 1. The SMILES string of the molecule is CCCO[Si](OCCC)(c1ccccc1)c1ccccc1N. The number of nitrogens with two attached hydrogens (primary N) is 1. The van der Waals surface area contributed by atoms with Crippen molar-refractivity contribution < 1.29 is 8.85 Å². The second-order valence-corrected chi connectivity index (χ2v) is 8.19. The monoisotopic (exact) mass is 315 g/mol. The van der Waals surface area contributed by atoms with Gasteiger partial charge in [-0.15, -0.1) is 0 Å². The lowest BCUT2D eigenvalue weighted by Gasteiger charge is -2.32. The Labute approximate surface area is 134 Å². The molecule has 4 heteroatoms. The van der Waals surface area contributed by atoms with Gasteiger partial charge in [0.25, 0.3) is 0 Å². The molecule has 0 saturated heterocycles. The van der Waals surface area contributed by atoms with Gasteiger partial charge < -0.3 is 14.6 Å². The van der Waals surface area contributed by atoms with Gasteiger partial charge in [0.1, 0.15) is 0 Å². The molecule has 0 heterocycles. The number of hydrogen-bond donors (Lipinski definition) is 1. The van der Waals surface area contributed by atoms with Crippen LogP contribution in [-0.4, -0.2) is 21.8 Å². The summed E-state index contributed by atoms with van der Waals surface area (Å²) in [5.41, 5.74) is 7.00. The van der Waals surface area contributed by atoms with Gasteiger partial charge in [0, 0.05) is 24.1 Å². The van der Waals surface area contributed by atoms with Crippen LogP contribution in [0.15, 0.2) is 54.6 Å². The topological polar surface area (TPSA) is 44.5 Å². The highest BCUT2D eigenvalue weighted by Crippen LogP contribution is 2.15. The van der Waals surface area contributed by atoms with E-state index in [4.69, 9.17) is 14.6 Å². The fourth-order valence-corrected chi connectivity index (χ4v) is 5.90. The van der Waals surface area contributed by atoms with E-state index in [2.05, 4.69) is 26.0 Å². The van der Waals surface area contributed by atoms with Gasteiger partial charge in [0.2, 0.25) is 0 Å². The highest BCUT2D eigenvalue weighted by Gasteiger charge is 2.43. The molecule has 0 atom stereocenters. The largest absolute Gasteiger partial charge is 0.409 e. The number of rotatable bonds is 8. The maximum Gasteiger partial charge on any atom is 0.409 e. The first-order valence-electron chi connectivity index (χ1n) is 7.93. The van der Waals surface area contributed by atoms with Crippen molar-refractivity contribution in [2.45, 2.75) is 26.7 Å². The predicted octanol–water partition coefficient (Wildman–Crippen LogP) is 2.68. The third kappa shape index (κ3) is 3.58. The second kappa shape index (κ2) is 8.13. The van der Waals surface area contributed by atoms with Crippen molar-refractivity contribution in [1.82, 2.24) is 0 Å². The smallest absolute Gasteiger partial charge is 0.399 e. The van der Waals surface area contributed by atoms with Gasteiger partial charge in [-0.2, -0.15) is 0 Å². The van der Waals surface area contributed by atoms with Gasteiger partial charge in [0.05, 0.1) is 0 Å². The first kappa shape index (κ1) is 16.7. The molecule has 0 radical (unpaired) electrons. The lowest BCUT2D eigenvalue weighted by Crippen LogP contribution is -2.64. The molecule has 0 amide bonds. The van der Waals surface area contributed by atoms with Gasteiger partial charge in [-0.05, 0) is 24.1 Å². The van der Waals surface area contributed by atoms with E-state index >= 15 is 0 Å². The molecule has 118 valence electrons. The lowest BCUT2D eigenvalue weighted by molar-refractivity contribution is 0.192. The normalized spacial score (nSPS) is 11.5. The van der Waals surface area contributed by atoms with Crippen LogP contribution in [0.5, 0.6) is 0 Å². The summed E-state index contributed by atoms with van der Waals surface area (Å²) in [6, 6.07) is 18.2. The molecule has 0 fully saturated rings. The quantitative estimate of drug-likeness (QED) is 0.602. The maximum atomic E-state index is 6.37. The molecule has 2 aromatic carbocycles. The van der Waals surface area contributed by atoms with Crippen LogP contribution in [0.1, 0.15) is 26.7 Å². The predicted molar refractivity (Wildman–Crippen MR) is 94.8 cm³/mol. The molecule has 0 spiro atoms. The molecular formula is C18H25NO2Si. The van der Waals surface area contributed by atoms with Crippen molar-refractivity contribution in [2.75, 3.05) is 18.9 Å². The summed E-state index contributed by atoms with van der Waals surface area (Å²) in [5, 5.41) is 2.11. The van der Waals surface area contributed by atoms with Gasteiger partial charge >= 0.3 is 8.56 Å². The molecule has 0 saturated carbocycles. The van der Waals surface area contributed by atoms with E-state index < -0.39 is 8.56 Å². The molecule has 0 aromatic heterocycles. The van der Waals surface area contributed by atoms with Crippen LogP contribution < -0.4 is 16.1 Å². The third-order valence-corrected chi connectivity index (χ3v) is 6.97. The Bertz CT molecular complexity index is 566. The van der Waals surface area contributed by atoms with Crippen LogP contribution in [-0.2, 0) is 8.85 Å². The van der Waals surface area contributed by atoms with Crippen LogP contribution in [0, 0.1) is 0 Å². The van der Waals surface area contributed by atoms with Crippen LogP contribution >= 0.6 is 0 Å². The zero-order chi connectivity index (χ0) is 15.8. The summed E-state index contributed by atoms with van der Waals surface area (Å²) >= 11 is 0. The van der Waals surface area contributed by atoms with Crippen LogP contribution in [0.2, 0.25) is 0 Å². The first-order chi connectivity index (χ1) is 10.7. The standard InChI is InChI=1S/C18H25NO2Si/c1-3-14-20-22(21-15-4-2,16-10-6-5-7-11-16)18-13-9-8-12-17(18)19/h5-13H,3-4,14-15,19H2,1-2H3. The van der Waals surface area contributed by atoms with E-state index in [1.807, 2.05) is 42.5 Å². The van der Waals surface area contributed by atoms with Crippen LogP contribution in [0.4, 0.5) is 5.69 Å². The average molecular weight is 315 g/mol. The van der Waals surface area contributed by atoms with Crippen molar-refractivity contribution in [3.8, 4) is 0 Å². The fourth-order valence-electron chi connectivity index (χ4n) is 2.47. The Morgan fingerprint density at radius 2 is 1.36 bits per heavy atom. The highest BCUT2D eigenvalue weighted by molar-refractivity contribution is 6.93. The van der Waals surface area contributed by atoms with Crippen molar-refractivity contribution in [3.63, 3.8) is 0 Å². The van der Waals surface area contributed by atoms with Crippen molar-refractivity contribution in [3.05, 3.63) is 54.6 Å². The molecule has 0 aliphatic heterocycles. The third-order valence-electron chi connectivity index (χ3n) is 3.49. The van der Waals surface area contributed by atoms with Crippen molar-refractivity contribution in [1.29, 1.82) is 0 Å². The summed E-state index contributed by atoms with van der Waals surface area (Å²) in [7, 11) is -2.76. The van der Waals surface area contributed by atoms with Gasteiger partial charge in [-0.1, -0.05) is 62.4 Å². The summed E-state index contributed by atoms with van der Waals surface area (Å²) in [6.07, 6.45) is 1.90. The van der Waals surface area contributed by atoms with E-state index in [1.54, 1.807) is 0 Å². The van der Waals surface area contributed by atoms with E-state index in [0.29, 0.717) is 13.2 Å². The first-order valence-corrected chi connectivity index (χ1v) is 9.74. The van der Waals surface area contributed by atoms with E-state index in [1.165, 1.54) is 0 Å². The summed E-state index contributed by atoms with van der Waals surface area (Å²) in [6.45, 7) is 5.55. The van der Waals surface area contributed by atoms with E-state index in [9.17, 15) is 0 Å². The van der Waals surface area contributed by atoms with Crippen LogP contribution in [0.3, 0.4) is 0 Å². The van der Waals surface area contributed by atoms with Crippen molar-refractivity contribution >= 4 is 24.6 Å². The molecule has 2 N–H and O–H groups in total. The molecule has 0 aliphatic carbocycles. The summed E-state index contributed by atoms with van der Waals surface area (Å²) < 4.78 is 12.7. The Balaban J connectivity index is 2.56. The lowest BCUT2D eigenvalue weighted by atomic mass is 10.3. The number of benzene rings is 2. The molecule has 0 bridgehead atoms. The van der Waals surface area contributed by atoms with Crippen molar-refractivity contribution in [2.24, 2.45) is 0 Å². The van der Waals surface area contributed by atoms with Crippen LogP contribution in [0.25, 0.3) is 0 Å². The van der Waals surface area contributed by atoms with E-state index in [-0.39, 0.29) is 0 Å². The molecule has 0 unspecified atom stereocenters. The number of anilines is 1. The second-order valence-electron chi connectivity index (χ2n) is 5.27. The van der Waals surface area contributed by atoms with Gasteiger partial charge in [-0.3, -0.25) is 0 Å². The Morgan fingerprint density at radius 1 is 0.818 bits per heavy atom. The minimum atomic E-state index is -2.76. The minimum Gasteiger partial charge on any atom is -0.399 e. The average Bonchev–Trinajstić information content (AvgIpc) is 2.57. The molecule has 22 heavy (non-hydrogen) atoms. The Morgan fingerprint density at radius 3 is 1.91 bits per heavy atom. The minimum absolute atomic E-state index is 0.666. The summed E-state index contributed by atoms with van der Waals surface area (Å²) in [4.78, 5) is 0.